The molecular formula is C14H29N5O. The van der Waals surface area contributed by atoms with E-state index in [4.69, 9.17) is 10.5 Å². The third-order valence-electron chi connectivity index (χ3n) is 3.61. The summed E-state index contributed by atoms with van der Waals surface area (Å²) in [5.74, 6) is 0.803. The second-order valence-electron chi connectivity index (χ2n) is 5.52. The van der Waals surface area contributed by atoms with Crippen LogP contribution in [-0.2, 0) is 7.05 Å². The molecular weight excluding hydrogens is 254 g/mol. The number of nitrogens with zero attached hydrogens (tertiary/aromatic N) is 4. The molecule has 0 aromatic carbocycles. The topological polar surface area (TPSA) is 59.6 Å². The van der Waals surface area contributed by atoms with Crippen LogP contribution in [-0.4, -0.2) is 67.5 Å². The van der Waals surface area contributed by atoms with E-state index < -0.39 is 0 Å². The molecule has 0 saturated carbocycles. The SMILES string of the molecule is COc1c(C(CN)N(C)CCCN(C)C)c(C)nn1C. The van der Waals surface area contributed by atoms with E-state index in [1.54, 1.807) is 11.8 Å². The van der Waals surface area contributed by atoms with Crippen LogP contribution in [0.15, 0.2) is 0 Å². The summed E-state index contributed by atoms with van der Waals surface area (Å²) in [4.78, 5) is 4.48. The lowest BCUT2D eigenvalue weighted by molar-refractivity contribution is 0.229. The summed E-state index contributed by atoms with van der Waals surface area (Å²) < 4.78 is 7.26. The van der Waals surface area contributed by atoms with E-state index in [0.29, 0.717) is 6.54 Å². The Morgan fingerprint density at radius 1 is 1.30 bits per heavy atom. The number of hydrogen-bond acceptors (Lipinski definition) is 5. The Hall–Kier alpha value is -1.11. The van der Waals surface area contributed by atoms with Crippen LogP contribution < -0.4 is 10.5 Å². The van der Waals surface area contributed by atoms with E-state index in [-0.39, 0.29) is 6.04 Å². The summed E-state index contributed by atoms with van der Waals surface area (Å²) in [5, 5.41) is 4.44. The molecule has 6 nitrogen and oxygen atoms in total. The number of ether oxygens (including phenoxy) is 1. The lowest BCUT2D eigenvalue weighted by Gasteiger charge is -2.28. The van der Waals surface area contributed by atoms with Gasteiger partial charge in [-0.3, -0.25) is 4.90 Å². The molecule has 1 heterocycles. The highest BCUT2D eigenvalue weighted by atomic mass is 16.5. The maximum absolute atomic E-state index is 5.99. The van der Waals surface area contributed by atoms with Crippen LogP contribution in [0.4, 0.5) is 0 Å². The third kappa shape index (κ3) is 3.94. The minimum Gasteiger partial charge on any atom is -0.481 e. The molecule has 1 rings (SSSR count). The van der Waals surface area contributed by atoms with Crippen LogP contribution in [0.5, 0.6) is 5.88 Å². The number of rotatable bonds is 8. The monoisotopic (exact) mass is 283 g/mol. The number of aryl methyl sites for hydroxylation is 2. The van der Waals surface area contributed by atoms with Crippen molar-refractivity contribution in [3.05, 3.63) is 11.3 Å². The minimum atomic E-state index is 0.140. The van der Waals surface area contributed by atoms with E-state index in [0.717, 1.165) is 36.6 Å². The Bertz CT molecular complexity index is 416. The molecule has 1 aromatic rings. The van der Waals surface area contributed by atoms with E-state index in [9.17, 15) is 0 Å². The summed E-state index contributed by atoms with van der Waals surface area (Å²) in [6, 6.07) is 0.140. The second-order valence-corrected chi connectivity index (χ2v) is 5.52. The van der Waals surface area contributed by atoms with Crippen molar-refractivity contribution in [2.75, 3.05) is 47.9 Å². The molecule has 0 fully saturated rings. The van der Waals surface area contributed by atoms with E-state index >= 15 is 0 Å². The molecule has 1 unspecified atom stereocenters. The lowest BCUT2D eigenvalue weighted by Crippen LogP contribution is -2.33. The Morgan fingerprint density at radius 2 is 1.95 bits per heavy atom. The second kappa shape index (κ2) is 7.61. The van der Waals surface area contributed by atoms with Crippen molar-refractivity contribution in [1.29, 1.82) is 0 Å². The maximum Gasteiger partial charge on any atom is 0.216 e. The highest BCUT2D eigenvalue weighted by molar-refractivity contribution is 5.34. The normalized spacial score (nSPS) is 13.2. The van der Waals surface area contributed by atoms with Gasteiger partial charge in [0.15, 0.2) is 0 Å². The van der Waals surface area contributed by atoms with Crippen LogP contribution in [0.1, 0.15) is 23.7 Å². The predicted molar refractivity (Wildman–Crippen MR) is 82.1 cm³/mol. The van der Waals surface area contributed by atoms with Gasteiger partial charge >= 0.3 is 0 Å². The van der Waals surface area contributed by atoms with Gasteiger partial charge in [-0.25, -0.2) is 4.68 Å². The first-order valence-corrected chi connectivity index (χ1v) is 7.04. The Morgan fingerprint density at radius 3 is 2.45 bits per heavy atom. The van der Waals surface area contributed by atoms with Crippen molar-refractivity contribution in [2.24, 2.45) is 12.8 Å². The standard InChI is InChI=1S/C14H29N5O/c1-11-13(14(20-6)19(5)16-11)12(10-15)18(4)9-7-8-17(2)3/h12H,7-10,15H2,1-6H3. The minimum absolute atomic E-state index is 0.140. The Kier molecular flexibility index (Phi) is 6.45. The number of likely N-dealkylation sites (N-methyl/N-ethyl adjacent to an activating group) is 1. The van der Waals surface area contributed by atoms with Crippen LogP contribution in [0.3, 0.4) is 0 Å². The van der Waals surface area contributed by atoms with Crippen molar-refractivity contribution >= 4 is 0 Å². The highest BCUT2D eigenvalue weighted by Gasteiger charge is 2.25. The number of hydrogen-bond donors (Lipinski definition) is 1. The van der Waals surface area contributed by atoms with Gasteiger partial charge in [0.05, 0.1) is 24.4 Å². The largest absolute Gasteiger partial charge is 0.481 e. The molecule has 0 aliphatic carbocycles. The molecule has 0 bridgehead atoms. The summed E-state index contributed by atoms with van der Waals surface area (Å²) >= 11 is 0. The van der Waals surface area contributed by atoms with Gasteiger partial charge < -0.3 is 15.4 Å². The summed E-state index contributed by atoms with van der Waals surface area (Å²) in [6.07, 6.45) is 1.11. The van der Waals surface area contributed by atoms with Crippen LogP contribution >= 0.6 is 0 Å². The smallest absolute Gasteiger partial charge is 0.216 e. The van der Waals surface area contributed by atoms with E-state index in [1.807, 2.05) is 14.0 Å². The molecule has 0 spiro atoms. The van der Waals surface area contributed by atoms with E-state index in [1.165, 1.54) is 0 Å². The van der Waals surface area contributed by atoms with Gasteiger partial charge in [-0.05, 0) is 47.6 Å². The molecule has 20 heavy (non-hydrogen) atoms. The molecule has 1 aromatic heterocycles. The van der Waals surface area contributed by atoms with Gasteiger partial charge in [0.1, 0.15) is 0 Å². The molecule has 0 amide bonds. The zero-order chi connectivity index (χ0) is 15.3. The van der Waals surface area contributed by atoms with Crippen molar-refractivity contribution in [1.82, 2.24) is 19.6 Å². The summed E-state index contributed by atoms with van der Waals surface area (Å²) in [7, 11) is 9.87. The molecule has 116 valence electrons. The zero-order valence-electron chi connectivity index (χ0n) is 13.7. The van der Waals surface area contributed by atoms with Gasteiger partial charge in [0, 0.05) is 13.6 Å². The van der Waals surface area contributed by atoms with Gasteiger partial charge in [-0.2, -0.15) is 5.10 Å². The van der Waals surface area contributed by atoms with Crippen molar-refractivity contribution in [3.63, 3.8) is 0 Å². The fourth-order valence-electron chi connectivity index (χ4n) is 2.59. The molecule has 1 atom stereocenters. The highest BCUT2D eigenvalue weighted by Crippen LogP contribution is 2.30. The lowest BCUT2D eigenvalue weighted by atomic mass is 10.1. The van der Waals surface area contributed by atoms with E-state index in [2.05, 4.69) is 36.0 Å². The molecule has 6 heteroatoms. The summed E-state index contributed by atoms with van der Waals surface area (Å²) in [6.45, 7) is 4.64. The Balaban J connectivity index is 2.84. The molecule has 0 saturated heterocycles. The van der Waals surface area contributed by atoms with Crippen molar-refractivity contribution in [2.45, 2.75) is 19.4 Å². The van der Waals surface area contributed by atoms with Crippen molar-refractivity contribution in [3.8, 4) is 5.88 Å². The molecule has 0 aliphatic heterocycles. The van der Waals surface area contributed by atoms with Crippen LogP contribution in [0, 0.1) is 6.92 Å². The molecule has 0 aliphatic rings. The first-order chi connectivity index (χ1) is 9.42. The first kappa shape index (κ1) is 16.9. The van der Waals surface area contributed by atoms with Gasteiger partial charge in [-0.15, -0.1) is 0 Å². The quantitative estimate of drug-likeness (QED) is 0.758. The zero-order valence-corrected chi connectivity index (χ0v) is 13.7. The van der Waals surface area contributed by atoms with Gasteiger partial charge in [-0.1, -0.05) is 0 Å². The Labute approximate surface area is 122 Å². The molecule has 2 N–H and O–H groups in total. The van der Waals surface area contributed by atoms with Crippen molar-refractivity contribution < 1.29 is 4.74 Å². The third-order valence-corrected chi connectivity index (χ3v) is 3.61. The predicted octanol–water partition coefficient (Wildman–Crippen LogP) is 0.620. The number of methoxy groups -OCH3 is 1. The fraction of sp³-hybridized carbons (Fsp3) is 0.786. The number of aromatic nitrogens is 2. The maximum atomic E-state index is 5.99. The average molecular weight is 283 g/mol. The average Bonchev–Trinajstić information content (AvgIpc) is 2.64. The van der Waals surface area contributed by atoms with Crippen LogP contribution in [0.2, 0.25) is 0 Å². The van der Waals surface area contributed by atoms with Gasteiger partial charge in [0.2, 0.25) is 5.88 Å². The van der Waals surface area contributed by atoms with Crippen LogP contribution in [0.25, 0.3) is 0 Å². The fourth-order valence-corrected chi connectivity index (χ4v) is 2.59. The number of nitrogens with two attached hydrogens (primary N) is 1. The summed E-state index contributed by atoms with van der Waals surface area (Å²) in [5.41, 5.74) is 8.08. The first-order valence-electron chi connectivity index (χ1n) is 7.04. The molecule has 0 radical (unpaired) electrons. The van der Waals surface area contributed by atoms with Gasteiger partial charge in [0.25, 0.3) is 0 Å².